The summed E-state index contributed by atoms with van der Waals surface area (Å²) in [5.74, 6) is -0.382. The summed E-state index contributed by atoms with van der Waals surface area (Å²) in [5.41, 5.74) is 8.51. The van der Waals surface area contributed by atoms with Gasteiger partial charge in [0.1, 0.15) is 5.82 Å². The predicted octanol–water partition coefficient (Wildman–Crippen LogP) is 3.34. The van der Waals surface area contributed by atoms with E-state index in [0.29, 0.717) is 5.56 Å². The van der Waals surface area contributed by atoms with Crippen molar-refractivity contribution in [1.82, 2.24) is 4.98 Å². The summed E-state index contributed by atoms with van der Waals surface area (Å²) in [7, 11) is 0. The largest absolute Gasteiger partial charge is 0.320 e. The molecule has 0 saturated carbocycles. The molecular formula is C13H12BrFN2. The highest BCUT2D eigenvalue weighted by molar-refractivity contribution is 9.10. The highest BCUT2D eigenvalue weighted by Gasteiger charge is 2.15. The molecule has 2 nitrogen and oxygen atoms in total. The summed E-state index contributed by atoms with van der Waals surface area (Å²) in [6.07, 6.45) is 2.72. The zero-order valence-corrected chi connectivity index (χ0v) is 10.9. The van der Waals surface area contributed by atoms with E-state index < -0.39 is 6.04 Å². The van der Waals surface area contributed by atoms with Crippen LogP contribution in [-0.2, 0) is 0 Å². The molecule has 2 aromatic rings. The molecule has 0 fully saturated rings. The molecule has 1 atom stereocenters. The summed E-state index contributed by atoms with van der Waals surface area (Å²) >= 11 is 3.45. The lowest BCUT2D eigenvalue weighted by Gasteiger charge is -2.15. The van der Waals surface area contributed by atoms with Crippen LogP contribution >= 0.6 is 15.9 Å². The fourth-order valence-corrected chi connectivity index (χ4v) is 2.43. The molecule has 1 unspecified atom stereocenters. The van der Waals surface area contributed by atoms with Crippen molar-refractivity contribution < 1.29 is 4.39 Å². The molecule has 2 N–H and O–H groups in total. The number of hydrogen-bond acceptors (Lipinski definition) is 2. The van der Waals surface area contributed by atoms with Gasteiger partial charge < -0.3 is 5.73 Å². The normalized spacial score (nSPS) is 12.5. The van der Waals surface area contributed by atoms with Crippen LogP contribution in [-0.4, -0.2) is 4.98 Å². The molecule has 1 heterocycles. The highest BCUT2D eigenvalue weighted by Crippen LogP contribution is 2.28. The van der Waals surface area contributed by atoms with Gasteiger partial charge in [-0.1, -0.05) is 28.1 Å². The van der Waals surface area contributed by atoms with Gasteiger partial charge in [-0.15, -0.1) is 0 Å². The fraction of sp³-hybridized carbons (Fsp3) is 0.154. The van der Waals surface area contributed by atoms with Gasteiger partial charge in [0.2, 0.25) is 0 Å². The van der Waals surface area contributed by atoms with Crippen LogP contribution in [0.15, 0.2) is 41.1 Å². The molecule has 2 rings (SSSR count). The second-order valence-electron chi connectivity index (χ2n) is 3.90. The molecule has 0 radical (unpaired) electrons. The average molecular weight is 295 g/mol. The van der Waals surface area contributed by atoms with Gasteiger partial charge in [-0.25, -0.2) is 4.39 Å². The van der Waals surface area contributed by atoms with E-state index in [-0.39, 0.29) is 5.82 Å². The summed E-state index contributed by atoms with van der Waals surface area (Å²) in [5, 5.41) is 0. The van der Waals surface area contributed by atoms with Crippen molar-refractivity contribution in [1.29, 1.82) is 0 Å². The zero-order chi connectivity index (χ0) is 12.4. The van der Waals surface area contributed by atoms with E-state index in [9.17, 15) is 4.39 Å². The van der Waals surface area contributed by atoms with Crippen molar-refractivity contribution in [2.24, 2.45) is 5.73 Å². The van der Waals surface area contributed by atoms with Crippen LogP contribution in [0.5, 0.6) is 0 Å². The van der Waals surface area contributed by atoms with Crippen molar-refractivity contribution in [3.05, 3.63) is 63.6 Å². The standard InChI is InChI=1S/C13H12BrFN2/c1-8-2-3-9(11(14)6-8)13(16)10-4-5-17-7-12(10)15/h2-7,13H,16H2,1H3. The molecule has 4 heteroatoms. The monoisotopic (exact) mass is 294 g/mol. The molecule has 0 bridgehead atoms. The minimum Gasteiger partial charge on any atom is -0.320 e. The van der Waals surface area contributed by atoms with E-state index in [1.165, 1.54) is 6.20 Å². The van der Waals surface area contributed by atoms with Crippen molar-refractivity contribution in [3.63, 3.8) is 0 Å². The van der Waals surface area contributed by atoms with Gasteiger partial charge in [0.25, 0.3) is 0 Å². The molecule has 0 aliphatic heterocycles. The quantitative estimate of drug-likeness (QED) is 0.923. The SMILES string of the molecule is Cc1ccc(C(N)c2ccncc2F)c(Br)c1. The molecule has 0 aliphatic rings. The number of benzene rings is 1. The summed E-state index contributed by atoms with van der Waals surface area (Å²) in [6, 6.07) is 6.94. The molecule has 0 spiro atoms. The Balaban J connectivity index is 2.44. The van der Waals surface area contributed by atoms with Gasteiger partial charge >= 0.3 is 0 Å². The molecule has 1 aromatic heterocycles. The molecule has 0 aliphatic carbocycles. The van der Waals surface area contributed by atoms with Crippen LogP contribution in [0.3, 0.4) is 0 Å². The Labute approximate surface area is 108 Å². The van der Waals surface area contributed by atoms with Crippen molar-refractivity contribution in [2.75, 3.05) is 0 Å². The number of pyridine rings is 1. The first-order valence-corrected chi connectivity index (χ1v) is 6.00. The first kappa shape index (κ1) is 12.2. The Bertz CT molecular complexity index is 543. The van der Waals surface area contributed by atoms with E-state index in [4.69, 9.17) is 5.73 Å². The van der Waals surface area contributed by atoms with Gasteiger partial charge in [0.15, 0.2) is 0 Å². The van der Waals surface area contributed by atoms with E-state index in [0.717, 1.165) is 15.6 Å². The van der Waals surface area contributed by atoms with Gasteiger partial charge in [-0.05, 0) is 30.2 Å². The number of aromatic nitrogens is 1. The first-order valence-electron chi connectivity index (χ1n) is 5.20. The Morgan fingerprint density at radius 2 is 2.06 bits per heavy atom. The molecular weight excluding hydrogens is 283 g/mol. The van der Waals surface area contributed by atoms with Crippen LogP contribution in [0.25, 0.3) is 0 Å². The molecule has 88 valence electrons. The Kier molecular flexibility index (Phi) is 3.54. The second kappa shape index (κ2) is 4.94. The lowest BCUT2D eigenvalue weighted by Crippen LogP contribution is -2.14. The van der Waals surface area contributed by atoms with Crippen LogP contribution in [0.1, 0.15) is 22.7 Å². The minimum absolute atomic E-state index is 0.382. The van der Waals surface area contributed by atoms with E-state index >= 15 is 0 Å². The summed E-state index contributed by atoms with van der Waals surface area (Å²) < 4.78 is 14.5. The maximum atomic E-state index is 13.6. The first-order chi connectivity index (χ1) is 8.09. The second-order valence-corrected chi connectivity index (χ2v) is 4.75. The van der Waals surface area contributed by atoms with Gasteiger partial charge in [0, 0.05) is 16.2 Å². The number of halogens is 2. The smallest absolute Gasteiger partial charge is 0.146 e. The summed E-state index contributed by atoms with van der Waals surface area (Å²) in [4.78, 5) is 3.72. The van der Waals surface area contributed by atoms with Crippen LogP contribution < -0.4 is 5.73 Å². The van der Waals surface area contributed by atoms with E-state index in [1.807, 2.05) is 25.1 Å². The number of aryl methyl sites for hydroxylation is 1. The Morgan fingerprint density at radius 1 is 1.29 bits per heavy atom. The topological polar surface area (TPSA) is 38.9 Å². The number of nitrogens with zero attached hydrogens (tertiary/aromatic N) is 1. The molecule has 0 saturated heterocycles. The van der Waals surface area contributed by atoms with Gasteiger partial charge in [-0.3, -0.25) is 4.98 Å². The van der Waals surface area contributed by atoms with Gasteiger partial charge in [0.05, 0.1) is 12.2 Å². The minimum atomic E-state index is -0.493. The predicted molar refractivity (Wildman–Crippen MR) is 69.1 cm³/mol. The van der Waals surface area contributed by atoms with E-state index in [2.05, 4.69) is 20.9 Å². The molecule has 0 amide bonds. The Morgan fingerprint density at radius 3 is 2.71 bits per heavy atom. The lowest BCUT2D eigenvalue weighted by molar-refractivity contribution is 0.593. The van der Waals surface area contributed by atoms with Crippen LogP contribution in [0.2, 0.25) is 0 Å². The zero-order valence-electron chi connectivity index (χ0n) is 9.32. The number of rotatable bonds is 2. The molecule has 1 aromatic carbocycles. The summed E-state index contributed by atoms with van der Waals surface area (Å²) in [6.45, 7) is 1.99. The third kappa shape index (κ3) is 2.53. The molecule has 17 heavy (non-hydrogen) atoms. The fourth-order valence-electron chi connectivity index (χ4n) is 1.69. The average Bonchev–Trinajstić information content (AvgIpc) is 2.29. The van der Waals surface area contributed by atoms with Crippen LogP contribution in [0.4, 0.5) is 4.39 Å². The highest BCUT2D eigenvalue weighted by atomic mass is 79.9. The van der Waals surface area contributed by atoms with Gasteiger partial charge in [-0.2, -0.15) is 0 Å². The number of nitrogens with two attached hydrogens (primary N) is 1. The van der Waals surface area contributed by atoms with Crippen LogP contribution in [0, 0.1) is 12.7 Å². The lowest BCUT2D eigenvalue weighted by atomic mass is 9.99. The maximum Gasteiger partial charge on any atom is 0.146 e. The van der Waals surface area contributed by atoms with Crippen molar-refractivity contribution in [2.45, 2.75) is 13.0 Å². The number of hydrogen-bond donors (Lipinski definition) is 1. The van der Waals surface area contributed by atoms with E-state index in [1.54, 1.807) is 12.3 Å². The third-order valence-electron chi connectivity index (χ3n) is 2.63. The third-order valence-corrected chi connectivity index (χ3v) is 3.32. The van der Waals surface area contributed by atoms with Crippen molar-refractivity contribution in [3.8, 4) is 0 Å². The van der Waals surface area contributed by atoms with Crippen molar-refractivity contribution >= 4 is 15.9 Å². The maximum absolute atomic E-state index is 13.6. The Hall–Kier alpha value is -1.26.